The van der Waals surface area contributed by atoms with Crippen LogP contribution in [0.1, 0.15) is 19.3 Å². The molecule has 5 N–H and O–H groups in total. The van der Waals surface area contributed by atoms with E-state index >= 15 is 0 Å². The highest BCUT2D eigenvalue weighted by molar-refractivity contribution is 5.83. The maximum Gasteiger partial charge on any atom is 0.139 e. The number of aromatic nitrogens is 2. The average molecular weight is 457 g/mol. The number of anilines is 2. The Balaban J connectivity index is 1.49. The van der Waals surface area contributed by atoms with Crippen LogP contribution in [0, 0.1) is 11.3 Å². The largest absolute Gasteiger partial charge is 0.457 e. The van der Waals surface area contributed by atoms with Crippen LogP contribution in [0.25, 0.3) is 11.1 Å². The van der Waals surface area contributed by atoms with Crippen LogP contribution in [0.2, 0.25) is 0 Å². The van der Waals surface area contributed by atoms with Gasteiger partial charge < -0.3 is 26.2 Å². The summed E-state index contributed by atoms with van der Waals surface area (Å²) in [6.45, 7) is 4.11. The van der Waals surface area contributed by atoms with Crippen molar-refractivity contribution in [2.24, 2.45) is 0 Å². The van der Waals surface area contributed by atoms with Crippen LogP contribution < -0.4 is 21.1 Å². The van der Waals surface area contributed by atoms with Crippen molar-refractivity contribution in [3.8, 4) is 28.7 Å². The van der Waals surface area contributed by atoms with Gasteiger partial charge in [-0.15, -0.1) is 0 Å². The van der Waals surface area contributed by atoms with E-state index in [4.69, 9.17) is 15.7 Å². The Hall–Kier alpha value is -3.93. The van der Waals surface area contributed by atoms with Gasteiger partial charge in [0.1, 0.15) is 29.5 Å². The molecule has 0 saturated heterocycles. The van der Waals surface area contributed by atoms with Gasteiger partial charge in [0.25, 0.3) is 0 Å². The molecule has 3 aromatic rings. The summed E-state index contributed by atoms with van der Waals surface area (Å²) in [5.74, 6) is 2.45. The van der Waals surface area contributed by atoms with Gasteiger partial charge in [0.2, 0.25) is 0 Å². The first-order valence-electron chi connectivity index (χ1n) is 11.2. The number of nitrogens with two attached hydrogens (primary N) is 1. The minimum Gasteiger partial charge on any atom is -0.457 e. The number of aliphatic hydroxyl groups is 1. The van der Waals surface area contributed by atoms with Crippen molar-refractivity contribution in [1.82, 2.24) is 15.3 Å². The van der Waals surface area contributed by atoms with E-state index in [1.807, 2.05) is 60.7 Å². The zero-order valence-electron chi connectivity index (χ0n) is 18.8. The maximum atomic E-state index is 10.4. The van der Waals surface area contributed by atoms with Gasteiger partial charge in [-0.3, -0.25) is 0 Å². The van der Waals surface area contributed by atoms with Crippen LogP contribution in [0.15, 0.2) is 73.1 Å². The van der Waals surface area contributed by atoms with Crippen LogP contribution in [0.5, 0.6) is 11.5 Å². The number of hydrogen-bond donors (Lipinski definition) is 4. The van der Waals surface area contributed by atoms with E-state index in [0.29, 0.717) is 47.9 Å². The molecular formula is C26H28N6O2. The number of nitrogen functional groups attached to an aromatic ring is 1. The highest BCUT2D eigenvalue weighted by Gasteiger charge is 2.28. The van der Waals surface area contributed by atoms with Crippen LogP contribution >= 0.6 is 0 Å². The number of nitrogens with zero attached hydrogens (tertiary/aromatic N) is 3. The number of nitriles is 1. The lowest BCUT2D eigenvalue weighted by molar-refractivity contribution is 0.106. The lowest BCUT2D eigenvalue weighted by atomic mass is 9.88. The fraction of sp³-hybridized carbons (Fsp3) is 0.269. The monoisotopic (exact) mass is 456 g/mol. The molecule has 1 fully saturated rings. The lowest BCUT2D eigenvalue weighted by Crippen LogP contribution is -2.44. The average Bonchev–Trinajstić information content (AvgIpc) is 2.84. The minimum absolute atomic E-state index is 0.0228. The summed E-state index contributed by atoms with van der Waals surface area (Å²) in [6.07, 6.45) is 2.95. The first kappa shape index (κ1) is 23.2. The molecule has 3 unspecified atom stereocenters. The third-order valence-electron chi connectivity index (χ3n) is 5.78. The number of benzene rings is 2. The molecule has 1 aliphatic rings. The van der Waals surface area contributed by atoms with Gasteiger partial charge in [-0.25, -0.2) is 9.97 Å². The molecule has 174 valence electrons. The van der Waals surface area contributed by atoms with Gasteiger partial charge in [0.15, 0.2) is 0 Å². The zero-order valence-corrected chi connectivity index (χ0v) is 18.8. The van der Waals surface area contributed by atoms with E-state index in [2.05, 4.69) is 27.2 Å². The van der Waals surface area contributed by atoms with Crippen LogP contribution in [-0.2, 0) is 0 Å². The molecule has 0 amide bonds. The molecule has 34 heavy (non-hydrogen) atoms. The van der Waals surface area contributed by atoms with E-state index in [0.717, 1.165) is 17.7 Å². The molecule has 3 atom stereocenters. The molecule has 0 aliphatic heterocycles. The molecule has 8 nitrogen and oxygen atoms in total. The summed E-state index contributed by atoms with van der Waals surface area (Å²) in [6, 6.07) is 19.3. The van der Waals surface area contributed by atoms with Crippen LogP contribution in [-0.4, -0.2) is 39.8 Å². The summed E-state index contributed by atoms with van der Waals surface area (Å²) in [5.41, 5.74) is 8.28. The number of para-hydroxylation sites is 1. The van der Waals surface area contributed by atoms with Crippen molar-refractivity contribution < 1.29 is 9.84 Å². The van der Waals surface area contributed by atoms with Gasteiger partial charge in [0, 0.05) is 24.2 Å². The van der Waals surface area contributed by atoms with Gasteiger partial charge >= 0.3 is 0 Å². The van der Waals surface area contributed by atoms with Crippen molar-refractivity contribution in [2.45, 2.75) is 37.5 Å². The molecule has 1 aliphatic carbocycles. The van der Waals surface area contributed by atoms with Gasteiger partial charge in [-0.1, -0.05) is 36.9 Å². The lowest BCUT2D eigenvalue weighted by Gasteiger charge is -2.34. The van der Waals surface area contributed by atoms with Crippen molar-refractivity contribution in [2.75, 3.05) is 17.6 Å². The fourth-order valence-corrected chi connectivity index (χ4v) is 4.18. The second kappa shape index (κ2) is 10.8. The second-order valence-electron chi connectivity index (χ2n) is 8.42. The number of hydrogen-bond acceptors (Lipinski definition) is 8. The SMILES string of the molecule is C=C(C#N)CNC1CC(O)CC(Nc2ncnc(N)c2-c2ccc(Oc3ccccc3)cc2)C1. The Bertz CT molecular complexity index is 1160. The van der Waals surface area contributed by atoms with Gasteiger partial charge in [-0.05, 0) is 49.1 Å². The molecule has 0 spiro atoms. The molecule has 8 heteroatoms. The predicted octanol–water partition coefficient (Wildman–Crippen LogP) is 3.88. The molecule has 1 aromatic heterocycles. The van der Waals surface area contributed by atoms with E-state index in [1.165, 1.54) is 6.33 Å². The number of aliphatic hydroxyl groups excluding tert-OH is 1. The highest BCUT2D eigenvalue weighted by atomic mass is 16.5. The summed E-state index contributed by atoms with van der Waals surface area (Å²) in [4.78, 5) is 8.63. The van der Waals surface area contributed by atoms with Crippen LogP contribution in [0.4, 0.5) is 11.6 Å². The molecule has 0 radical (unpaired) electrons. The Kier molecular flexibility index (Phi) is 7.38. The predicted molar refractivity (Wildman–Crippen MR) is 132 cm³/mol. The second-order valence-corrected chi connectivity index (χ2v) is 8.42. The molecule has 1 saturated carbocycles. The topological polar surface area (TPSA) is 129 Å². The van der Waals surface area contributed by atoms with Crippen molar-refractivity contribution in [3.05, 3.63) is 73.1 Å². The van der Waals surface area contributed by atoms with E-state index in [9.17, 15) is 5.11 Å². The molecule has 0 bridgehead atoms. The minimum atomic E-state index is -0.462. The zero-order chi connectivity index (χ0) is 23.9. The summed E-state index contributed by atoms with van der Waals surface area (Å²) in [5, 5.41) is 26.1. The number of rotatable bonds is 8. The summed E-state index contributed by atoms with van der Waals surface area (Å²) in [7, 11) is 0. The van der Waals surface area contributed by atoms with E-state index in [-0.39, 0.29) is 12.1 Å². The smallest absolute Gasteiger partial charge is 0.139 e. The Morgan fingerprint density at radius 3 is 2.50 bits per heavy atom. The first-order chi connectivity index (χ1) is 16.5. The van der Waals surface area contributed by atoms with Crippen molar-refractivity contribution >= 4 is 11.6 Å². The highest BCUT2D eigenvalue weighted by Crippen LogP contribution is 2.34. The van der Waals surface area contributed by atoms with Gasteiger partial charge in [-0.2, -0.15) is 5.26 Å². The van der Waals surface area contributed by atoms with E-state index in [1.54, 1.807) is 0 Å². The fourth-order valence-electron chi connectivity index (χ4n) is 4.18. The standard InChI is InChI=1S/C26H28N6O2/c1-17(14-27)15-29-19-11-20(13-21(33)12-19)32-26-24(25(28)30-16-31-26)18-7-9-23(10-8-18)34-22-5-3-2-4-6-22/h2-10,16,19-21,29,33H,1,11-13,15H2,(H3,28,30,31,32). The van der Waals surface area contributed by atoms with Crippen LogP contribution in [0.3, 0.4) is 0 Å². The first-order valence-corrected chi connectivity index (χ1v) is 11.2. The third-order valence-corrected chi connectivity index (χ3v) is 5.78. The Morgan fingerprint density at radius 1 is 1.06 bits per heavy atom. The molecule has 1 heterocycles. The Labute approximate surface area is 199 Å². The Morgan fingerprint density at radius 2 is 1.76 bits per heavy atom. The third kappa shape index (κ3) is 5.90. The molecule has 4 rings (SSSR count). The number of ether oxygens (including phenoxy) is 1. The molecule has 2 aromatic carbocycles. The summed E-state index contributed by atoms with van der Waals surface area (Å²) >= 11 is 0. The summed E-state index contributed by atoms with van der Waals surface area (Å²) < 4.78 is 5.88. The molecular weight excluding hydrogens is 428 g/mol. The normalized spacial score (nSPS) is 19.7. The van der Waals surface area contributed by atoms with Crippen molar-refractivity contribution in [1.29, 1.82) is 5.26 Å². The quantitative estimate of drug-likeness (QED) is 0.376. The van der Waals surface area contributed by atoms with Gasteiger partial charge in [0.05, 0.1) is 17.7 Å². The maximum absolute atomic E-state index is 10.4. The number of nitrogens with one attached hydrogen (secondary N) is 2. The van der Waals surface area contributed by atoms with Crippen molar-refractivity contribution in [3.63, 3.8) is 0 Å². The van der Waals surface area contributed by atoms with E-state index < -0.39 is 6.10 Å².